The average Bonchev–Trinajstić information content (AvgIpc) is 3.62. The number of hydrogen-bond acceptors (Lipinski definition) is 2. The van der Waals surface area contributed by atoms with Gasteiger partial charge in [0.2, 0.25) is 11.4 Å². The third-order valence-corrected chi connectivity index (χ3v) is 11.0. The van der Waals surface area contributed by atoms with Crippen LogP contribution in [0.5, 0.6) is 0 Å². The Morgan fingerprint density at radius 1 is 0.453 bits per heavy atom. The van der Waals surface area contributed by atoms with Crippen molar-refractivity contribution in [3.63, 3.8) is 0 Å². The maximum Gasteiger partial charge on any atom is 0.235 e. The van der Waals surface area contributed by atoms with Gasteiger partial charge in [0.1, 0.15) is 23.4 Å². The van der Waals surface area contributed by atoms with Crippen molar-refractivity contribution in [2.75, 3.05) is 11.4 Å². The molecule has 3 heteroatoms. The number of hydrogen-bond donors (Lipinski definition) is 0. The van der Waals surface area contributed by atoms with Crippen molar-refractivity contribution in [3.05, 3.63) is 224 Å². The molecule has 11 rings (SSSR count). The van der Waals surface area contributed by atoms with Gasteiger partial charge in [-0.05, 0) is 77.6 Å². The Balaban J connectivity index is 1.33. The first kappa shape index (κ1) is 29.7. The van der Waals surface area contributed by atoms with Gasteiger partial charge in [-0.2, -0.15) is 4.58 Å². The Labute approximate surface area is 305 Å². The van der Waals surface area contributed by atoms with Gasteiger partial charge in [0.15, 0.2) is 6.21 Å². The number of furan rings is 1. The molecule has 0 amide bonds. The van der Waals surface area contributed by atoms with Gasteiger partial charge in [0.25, 0.3) is 0 Å². The molecule has 0 fully saturated rings. The molecule has 0 radical (unpaired) electrons. The van der Waals surface area contributed by atoms with E-state index < -0.39 is 0 Å². The number of rotatable bonds is 3. The molecule has 8 aromatic carbocycles. The van der Waals surface area contributed by atoms with E-state index in [2.05, 4.69) is 192 Å². The first-order chi connectivity index (χ1) is 26.3. The summed E-state index contributed by atoms with van der Waals surface area (Å²) in [6, 6.07) is 65.9. The Morgan fingerprint density at radius 2 is 1.04 bits per heavy atom. The second-order valence-electron chi connectivity index (χ2n) is 13.9. The molecular weight excluding hydrogens is 645 g/mol. The molecule has 0 bridgehead atoms. The summed E-state index contributed by atoms with van der Waals surface area (Å²) in [7, 11) is 0. The van der Waals surface area contributed by atoms with Crippen LogP contribution in [-0.2, 0) is 0 Å². The fraction of sp³-hybridized carbons (Fsp3) is 0.0200. The molecular formula is C50H33N2O+. The topological polar surface area (TPSA) is 19.4 Å². The van der Waals surface area contributed by atoms with Crippen LogP contribution in [0.2, 0.25) is 0 Å². The Bertz CT molecular complexity index is 3370. The summed E-state index contributed by atoms with van der Waals surface area (Å²) in [6.07, 6.45) is 2.31. The molecule has 3 nitrogen and oxygen atoms in total. The second kappa shape index (κ2) is 11.8. The Morgan fingerprint density at radius 3 is 1.79 bits per heavy atom. The van der Waals surface area contributed by atoms with E-state index >= 15 is 0 Å². The first-order valence-corrected chi connectivity index (χ1v) is 18.2. The molecule has 0 saturated heterocycles. The predicted molar refractivity (Wildman–Crippen MR) is 217 cm³/mol. The standard InChI is InChI=1S/C50H33N2O/c1-3-14-34(15-4-1)51-28-29-52(35-16-5-2-6-17-35)48-32-46-41-27-26-33(36-23-13-24-43-42-22-11-12-25-49(42)53-50(36)43)30-44(41)39-20-9-7-18-37(39)38-19-8-10-21-40(38)45(46)31-47(48)51/h1-28,30-32H,29H2/q+1. The zero-order valence-corrected chi connectivity index (χ0v) is 28.9. The van der Waals surface area contributed by atoms with Gasteiger partial charge >= 0.3 is 0 Å². The maximum atomic E-state index is 6.55. The lowest BCUT2D eigenvalue weighted by Crippen LogP contribution is -2.29. The lowest BCUT2D eigenvalue weighted by Gasteiger charge is -2.27. The summed E-state index contributed by atoms with van der Waals surface area (Å²) < 4.78 is 8.91. The fourth-order valence-electron chi connectivity index (χ4n) is 8.53. The van der Waals surface area contributed by atoms with Crippen LogP contribution in [0.25, 0.3) is 33.1 Å². The quantitative estimate of drug-likeness (QED) is 0.173. The van der Waals surface area contributed by atoms with Crippen molar-refractivity contribution in [1.82, 2.24) is 4.58 Å². The maximum absolute atomic E-state index is 6.55. The molecule has 2 heterocycles. The summed E-state index contributed by atoms with van der Waals surface area (Å²) >= 11 is 0. The molecule has 1 aliphatic heterocycles. The summed E-state index contributed by atoms with van der Waals surface area (Å²) in [5.74, 6) is 0. The molecule has 2 aliphatic rings. The Kier molecular flexibility index (Phi) is 6.62. The van der Waals surface area contributed by atoms with Crippen LogP contribution in [0.15, 0.2) is 186 Å². The minimum Gasteiger partial charge on any atom is -0.455 e. The highest BCUT2D eigenvalue weighted by atomic mass is 16.3. The van der Waals surface area contributed by atoms with E-state index in [1.54, 1.807) is 0 Å². The van der Waals surface area contributed by atoms with Crippen molar-refractivity contribution in [2.24, 2.45) is 0 Å². The lowest BCUT2D eigenvalue weighted by molar-refractivity contribution is 0.670. The normalized spacial score (nSPS) is 12.9. The molecule has 0 N–H and O–H groups in total. The molecule has 53 heavy (non-hydrogen) atoms. The number of para-hydroxylation sites is 4. The van der Waals surface area contributed by atoms with Gasteiger partial charge in [0, 0.05) is 40.2 Å². The van der Waals surface area contributed by atoms with Crippen molar-refractivity contribution in [3.8, 4) is 11.1 Å². The van der Waals surface area contributed by atoms with E-state index in [1.807, 2.05) is 6.07 Å². The summed E-state index contributed by atoms with van der Waals surface area (Å²) in [5, 5.41) is 12.0. The number of anilines is 2. The molecule has 0 spiro atoms. The average molecular weight is 678 g/mol. The number of nitrogens with zero attached hydrogens (tertiary/aromatic N) is 2. The molecule has 248 valence electrons. The van der Waals surface area contributed by atoms with E-state index in [1.165, 1.54) is 53.1 Å². The van der Waals surface area contributed by atoms with Crippen LogP contribution < -0.4 is 9.48 Å². The largest absolute Gasteiger partial charge is 0.455 e. The van der Waals surface area contributed by atoms with Gasteiger partial charge in [-0.15, -0.1) is 0 Å². The van der Waals surface area contributed by atoms with Gasteiger partial charge < -0.3 is 9.32 Å². The van der Waals surface area contributed by atoms with Crippen molar-refractivity contribution >= 4 is 50.9 Å². The van der Waals surface area contributed by atoms with E-state index in [-0.39, 0.29) is 0 Å². The van der Waals surface area contributed by atoms with Gasteiger partial charge in [0.05, 0.1) is 0 Å². The highest BCUT2D eigenvalue weighted by Gasteiger charge is 2.28. The third kappa shape index (κ3) is 4.64. The van der Waals surface area contributed by atoms with Crippen LogP contribution in [-0.4, -0.2) is 12.8 Å². The van der Waals surface area contributed by atoms with E-state index in [0.717, 1.165) is 51.0 Å². The minimum atomic E-state index is 0.747. The van der Waals surface area contributed by atoms with Gasteiger partial charge in [-0.1, -0.05) is 133 Å². The smallest absolute Gasteiger partial charge is 0.235 e. The van der Waals surface area contributed by atoms with Crippen LogP contribution in [0.4, 0.5) is 22.7 Å². The second-order valence-corrected chi connectivity index (χ2v) is 13.9. The number of fused-ring (bicyclic) bond motifs is 8. The molecule has 9 aromatic rings. The molecule has 1 aliphatic carbocycles. The molecule has 0 atom stereocenters. The van der Waals surface area contributed by atoms with Crippen LogP contribution in [0, 0.1) is 41.7 Å². The molecule has 0 saturated carbocycles. The SMILES string of the molecule is C1=[N+](c2ccccc2)c2cc3c(cc2N(c2ccccc2)C1)=c1ccc(-c2cccc4c2oc2ccccc24)cc1=c1ccccc1=c1ccccc1=3. The summed E-state index contributed by atoms with van der Waals surface area (Å²) in [5.41, 5.74) is 8.70. The predicted octanol–water partition coefficient (Wildman–Crippen LogP) is 11.8. The van der Waals surface area contributed by atoms with Crippen LogP contribution in [0.1, 0.15) is 0 Å². The zero-order chi connectivity index (χ0) is 34.9. The van der Waals surface area contributed by atoms with Crippen molar-refractivity contribution in [1.29, 1.82) is 0 Å². The molecule has 1 aromatic heterocycles. The van der Waals surface area contributed by atoms with Gasteiger partial charge in [-0.3, -0.25) is 0 Å². The zero-order valence-electron chi connectivity index (χ0n) is 28.9. The van der Waals surface area contributed by atoms with E-state index in [9.17, 15) is 0 Å². The highest BCUT2D eigenvalue weighted by Crippen LogP contribution is 2.39. The molecule has 0 unspecified atom stereocenters. The van der Waals surface area contributed by atoms with Gasteiger partial charge in [-0.25, -0.2) is 0 Å². The lowest BCUT2D eigenvalue weighted by atomic mass is 9.96. The monoisotopic (exact) mass is 677 g/mol. The fourth-order valence-corrected chi connectivity index (χ4v) is 8.53. The first-order valence-electron chi connectivity index (χ1n) is 18.2. The third-order valence-electron chi connectivity index (χ3n) is 11.0. The summed E-state index contributed by atoms with van der Waals surface area (Å²) in [6.45, 7) is 0.747. The van der Waals surface area contributed by atoms with Crippen molar-refractivity contribution in [2.45, 2.75) is 0 Å². The highest BCUT2D eigenvalue weighted by molar-refractivity contribution is 6.09. The van der Waals surface area contributed by atoms with Crippen LogP contribution >= 0.6 is 0 Å². The van der Waals surface area contributed by atoms with E-state index in [4.69, 9.17) is 4.42 Å². The summed E-state index contributed by atoms with van der Waals surface area (Å²) in [4.78, 5) is 2.43. The van der Waals surface area contributed by atoms with Crippen LogP contribution in [0.3, 0.4) is 0 Å². The van der Waals surface area contributed by atoms with E-state index in [0.29, 0.717) is 0 Å². The number of benzene rings is 8. The minimum absolute atomic E-state index is 0.747. The Hall–Kier alpha value is -6.97. The van der Waals surface area contributed by atoms with Crippen molar-refractivity contribution < 1.29 is 4.42 Å².